The predicted molar refractivity (Wildman–Crippen MR) is 77.3 cm³/mol. The van der Waals surface area contributed by atoms with Gasteiger partial charge >= 0.3 is 0 Å². The van der Waals surface area contributed by atoms with E-state index in [1.54, 1.807) is 6.20 Å². The molecule has 0 bridgehead atoms. The summed E-state index contributed by atoms with van der Waals surface area (Å²) in [5.41, 5.74) is 3.27. The Morgan fingerprint density at radius 3 is 3.00 bits per heavy atom. The van der Waals surface area contributed by atoms with Crippen LogP contribution in [0.5, 0.6) is 11.6 Å². The Morgan fingerprint density at radius 2 is 2.20 bits per heavy atom. The van der Waals surface area contributed by atoms with Gasteiger partial charge in [0.05, 0.1) is 0 Å². The first-order valence-corrected chi connectivity index (χ1v) is 6.96. The maximum absolute atomic E-state index is 11.8. The molecule has 1 atom stereocenters. The van der Waals surface area contributed by atoms with Gasteiger partial charge in [0.25, 0.3) is 0 Å². The summed E-state index contributed by atoms with van der Waals surface area (Å²) in [6.07, 6.45) is 3.11. The zero-order chi connectivity index (χ0) is 14.1. The molecule has 1 aromatic carbocycles. The molecule has 1 aromatic heterocycles. The highest BCUT2D eigenvalue weighted by molar-refractivity contribution is 5.85. The number of ketones is 1. The Hall–Kier alpha value is -2.16. The number of hydrogen-bond acceptors (Lipinski definition) is 3. The number of benzene rings is 1. The van der Waals surface area contributed by atoms with Crippen LogP contribution in [0.4, 0.5) is 0 Å². The normalized spacial score (nSPS) is 13.9. The first-order chi connectivity index (χ1) is 9.69. The van der Waals surface area contributed by atoms with Crippen molar-refractivity contribution in [1.29, 1.82) is 0 Å². The number of rotatable bonds is 3. The van der Waals surface area contributed by atoms with Crippen LogP contribution >= 0.6 is 0 Å². The molecule has 0 amide bonds. The van der Waals surface area contributed by atoms with Crippen molar-refractivity contribution in [2.45, 2.75) is 32.6 Å². The summed E-state index contributed by atoms with van der Waals surface area (Å²) < 4.78 is 5.80. The molecule has 0 N–H and O–H groups in total. The number of aromatic nitrogens is 1. The molecule has 3 heteroatoms. The van der Waals surface area contributed by atoms with Crippen molar-refractivity contribution in [1.82, 2.24) is 4.98 Å². The van der Waals surface area contributed by atoms with Crippen LogP contribution < -0.4 is 4.74 Å². The van der Waals surface area contributed by atoms with Gasteiger partial charge in [-0.1, -0.05) is 32.0 Å². The predicted octanol–water partition coefficient (Wildman–Crippen LogP) is 3.86. The lowest BCUT2D eigenvalue weighted by Gasteiger charge is -2.20. The minimum Gasteiger partial charge on any atom is -0.438 e. The van der Waals surface area contributed by atoms with Crippen molar-refractivity contribution in [3.05, 3.63) is 53.2 Å². The van der Waals surface area contributed by atoms with Gasteiger partial charge in [-0.05, 0) is 23.3 Å². The fourth-order valence-electron chi connectivity index (χ4n) is 2.56. The van der Waals surface area contributed by atoms with Crippen LogP contribution in [0.25, 0.3) is 0 Å². The first kappa shape index (κ1) is 12.9. The standard InChI is InChI=1S/C17H17NO2/c1-3-15(19)11(2)12-6-7-16-14(9-12)10-13-5-4-8-18-17(13)20-16/h4-9,11H,3,10H2,1-2H3. The highest BCUT2D eigenvalue weighted by Gasteiger charge is 2.20. The lowest BCUT2D eigenvalue weighted by molar-refractivity contribution is -0.119. The Bertz CT molecular complexity index is 664. The minimum absolute atomic E-state index is 0.0550. The van der Waals surface area contributed by atoms with Crippen molar-refractivity contribution < 1.29 is 9.53 Å². The Kier molecular flexibility index (Phi) is 3.26. The zero-order valence-corrected chi connectivity index (χ0v) is 11.7. The van der Waals surface area contributed by atoms with Gasteiger partial charge in [0.15, 0.2) is 0 Å². The first-order valence-electron chi connectivity index (χ1n) is 6.96. The molecule has 0 fully saturated rings. The van der Waals surface area contributed by atoms with Crippen molar-refractivity contribution in [2.75, 3.05) is 0 Å². The van der Waals surface area contributed by atoms with Crippen molar-refractivity contribution in [2.24, 2.45) is 0 Å². The molecule has 0 saturated heterocycles. The van der Waals surface area contributed by atoms with Crippen LogP contribution in [0.1, 0.15) is 42.9 Å². The Balaban J connectivity index is 1.94. The third kappa shape index (κ3) is 2.20. The fraction of sp³-hybridized carbons (Fsp3) is 0.294. The van der Waals surface area contributed by atoms with Gasteiger partial charge in [0.2, 0.25) is 5.88 Å². The van der Waals surface area contributed by atoms with E-state index in [1.165, 1.54) is 0 Å². The van der Waals surface area contributed by atoms with Gasteiger partial charge in [0, 0.05) is 30.5 Å². The van der Waals surface area contributed by atoms with E-state index in [1.807, 2.05) is 38.1 Å². The van der Waals surface area contributed by atoms with Crippen LogP contribution in [-0.2, 0) is 11.2 Å². The largest absolute Gasteiger partial charge is 0.438 e. The van der Waals surface area contributed by atoms with Gasteiger partial charge in [-0.25, -0.2) is 4.98 Å². The molecule has 0 radical (unpaired) electrons. The average Bonchev–Trinajstić information content (AvgIpc) is 2.50. The third-order valence-electron chi connectivity index (χ3n) is 3.85. The summed E-state index contributed by atoms with van der Waals surface area (Å²) in [7, 11) is 0. The van der Waals surface area contributed by atoms with Crippen molar-refractivity contribution >= 4 is 5.78 Å². The summed E-state index contributed by atoms with van der Waals surface area (Å²) in [5, 5.41) is 0. The van der Waals surface area contributed by atoms with Crippen LogP contribution in [0.15, 0.2) is 36.5 Å². The summed E-state index contributed by atoms with van der Waals surface area (Å²) in [6.45, 7) is 3.87. The average molecular weight is 267 g/mol. The van der Waals surface area contributed by atoms with E-state index in [9.17, 15) is 4.79 Å². The molecule has 0 aliphatic carbocycles. The molecule has 3 nitrogen and oxygen atoms in total. The van der Waals surface area contributed by atoms with E-state index in [4.69, 9.17) is 4.74 Å². The lowest BCUT2D eigenvalue weighted by atomic mass is 9.91. The summed E-state index contributed by atoms with van der Waals surface area (Å²) in [4.78, 5) is 16.1. The van der Waals surface area contributed by atoms with Crippen LogP contribution in [0.2, 0.25) is 0 Å². The number of fused-ring (bicyclic) bond motifs is 2. The van der Waals surface area contributed by atoms with E-state index in [-0.39, 0.29) is 11.7 Å². The molecule has 20 heavy (non-hydrogen) atoms. The minimum atomic E-state index is -0.0550. The van der Waals surface area contributed by atoms with Crippen LogP contribution in [-0.4, -0.2) is 10.8 Å². The van der Waals surface area contributed by atoms with Crippen molar-refractivity contribution in [3.8, 4) is 11.6 Å². The second-order valence-electron chi connectivity index (χ2n) is 5.16. The second kappa shape index (κ2) is 5.08. The van der Waals surface area contributed by atoms with E-state index < -0.39 is 0 Å². The maximum atomic E-state index is 11.8. The molecule has 1 aliphatic rings. The van der Waals surface area contributed by atoms with Gasteiger partial charge in [-0.2, -0.15) is 0 Å². The van der Waals surface area contributed by atoms with Crippen LogP contribution in [0, 0.1) is 0 Å². The highest BCUT2D eigenvalue weighted by Crippen LogP contribution is 2.36. The number of hydrogen-bond donors (Lipinski definition) is 0. The number of carbonyl (C=O) groups is 1. The molecule has 3 rings (SSSR count). The molecule has 1 aliphatic heterocycles. The van der Waals surface area contributed by atoms with Gasteiger partial charge in [-0.15, -0.1) is 0 Å². The smallest absolute Gasteiger partial charge is 0.222 e. The molecule has 0 spiro atoms. The zero-order valence-electron chi connectivity index (χ0n) is 11.7. The van der Waals surface area contributed by atoms with E-state index in [0.29, 0.717) is 12.3 Å². The molecule has 2 heterocycles. The van der Waals surface area contributed by atoms with Gasteiger partial charge < -0.3 is 4.74 Å². The SMILES string of the molecule is CCC(=O)C(C)c1ccc2c(c1)Cc1cccnc1O2. The molecular weight excluding hydrogens is 250 g/mol. The molecule has 102 valence electrons. The molecule has 1 unspecified atom stereocenters. The topological polar surface area (TPSA) is 39.2 Å². The van der Waals surface area contributed by atoms with E-state index in [0.717, 1.165) is 28.9 Å². The summed E-state index contributed by atoms with van der Waals surface area (Å²) >= 11 is 0. The summed E-state index contributed by atoms with van der Waals surface area (Å²) in [6, 6.07) is 9.95. The number of ether oxygens (including phenoxy) is 1. The summed E-state index contributed by atoms with van der Waals surface area (Å²) in [5.74, 6) is 1.74. The highest BCUT2D eigenvalue weighted by atomic mass is 16.5. The third-order valence-corrected chi connectivity index (χ3v) is 3.85. The van der Waals surface area contributed by atoms with Gasteiger partial charge in [-0.3, -0.25) is 4.79 Å². The molecule has 2 aromatic rings. The van der Waals surface area contributed by atoms with Gasteiger partial charge in [0.1, 0.15) is 11.5 Å². The van der Waals surface area contributed by atoms with Crippen molar-refractivity contribution in [3.63, 3.8) is 0 Å². The van der Waals surface area contributed by atoms with E-state index >= 15 is 0 Å². The number of carbonyl (C=O) groups excluding carboxylic acids is 1. The monoisotopic (exact) mass is 267 g/mol. The van der Waals surface area contributed by atoms with E-state index in [2.05, 4.69) is 11.1 Å². The second-order valence-corrected chi connectivity index (χ2v) is 5.16. The lowest BCUT2D eigenvalue weighted by Crippen LogP contribution is -2.10. The Morgan fingerprint density at radius 1 is 1.35 bits per heavy atom. The number of Topliss-reactive ketones (excluding diaryl/α,β-unsaturated/α-hetero) is 1. The number of pyridine rings is 1. The Labute approximate surface area is 118 Å². The molecule has 0 saturated carbocycles. The fourth-order valence-corrected chi connectivity index (χ4v) is 2.56. The quantitative estimate of drug-likeness (QED) is 0.723. The molecular formula is C17H17NO2. The maximum Gasteiger partial charge on any atom is 0.222 e. The van der Waals surface area contributed by atoms with Crippen LogP contribution in [0.3, 0.4) is 0 Å². The number of nitrogens with zero attached hydrogens (tertiary/aromatic N) is 1.